The molecule has 0 spiro atoms. The number of benzene rings is 2. The van der Waals surface area contributed by atoms with E-state index in [1.54, 1.807) is 6.92 Å². The Bertz CT molecular complexity index is 641. The molecule has 3 N–H and O–H groups in total. The summed E-state index contributed by atoms with van der Waals surface area (Å²) < 4.78 is 18.5. The van der Waals surface area contributed by atoms with Gasteiger partial charge >= 0.3 is 5.97 Å². The van der Waals surface area contributed by atoms with Crippen molar-refractivity contribution < 1.29 is 19.0 Å². The average molecular weight is 261 g/mol. The van der Waals surface area contributed by atoms with Crippen molar-refractivity contribution >= 4 is 11.7 Å². The zero-order chi connectivity index (χ0) is 14.0. The summed E-state index contributed by atoms with van der Waals surface area (Å²) in [5.41, 5.74) is 6.65. The number of aromatic carboxylic acids is 1. The summed E-state index contributed by atoms with van der Waals surface area (Å²) in [7, 11) is 0. The van der Waals surface area contributed by atoms with Crippen LogP contribution in [0.2, 0.25) is 0 Å². The number of nitrogen functional groups attached to an aromatic ring is 1. The molecule has 0 bridgehead atoms. The van der Waals surface area contributed by atoms with Crippen LogP contribution in [-0.4, -0.2) is 11.1 Å². The lowest BCUT2D eigenvalue weighted by Crippen LogP contribution is -2.00. The Morgan fingerprint density at radius 1 is 1.21 bits per heavy atom. The van der Waals surface area contributed by atoms with E-state index in [0.29, 0.717) is 17.1 Å². The molecular weight excluding hydrogens is 249 g/mol. The molecule has 0 radical (unpaired) electrons. The fourth-order valence-electron chi connectivity index (χ4n) is 1.62. The highest BCUT2D eigenvalue weighted by Gasteiger charge is 2.09. The predicted molar refractivity (Wildman–Crippen MR) is 69.0 cm³/mol. The first kappa shape index (κ1) is 12.9. The monoisotopic (exact) mass is 261 g/mol. The van der Waals surface area contributed by atoms with Gasteiger partial charge in [0.15, 0.2) is 0 Å². The maximum Gasteiger partial charge on any atom is 0.335 e. The molecule has 0 atom stereocenters. The number of anilines is 1. The maximum absolute atomic E-state index is 13.0. The molecule has 0 aliphatic rings. The lowest BCUT2D eigenvalue weighted by Gasteiger charge is -2.11. The molecule has 0 amide bonds. The average Bonchev–Trinajstić information content (AvgIpc) is 2.34. The summed E-state index contributed by atoms with van der Waals surface area (Å²) in [6.07, 6.45) is 0. The Kier molecular flexibility index (Phi) is 3.37. The van der Waals surface area contributed by atoms with E-state index in [1.807, 2.05) is 0 Å². The SMILES string of the molecule is Cc1cc(F)ccc1Oc1ccc(C(=O)O)cc1N. The standard InChI is InChI=1S/C14H12FNO3/c1-8-6-10(15)3-5-12(8)19-13-4-2-9(14(17)18)7-11(13)16/h2-7H,16H2,1H3,(H,17,18). The number of carbonyl (C=O) groups is 1. The van der Waals surface area contributed by atoms with Gasteiger partial charge in [0.1, 0.15) is 17.3 Å². The van der Waals surface area contributed by atoms with Crippen molar-refractivity contribution in [1.82, 2.24) is 0 Å². The Morgan fingerprint density at radius 3 is 2.47 bits per heavy atom. The van der Waals surface area contributed by atoms with Crippen molar-refractivity contribution in [2.24, 2.45) is 0 Å². The van der Waals surface area contributed by atoms with E-state index in [9.17, 15) is 9.18 Å². The van der Waals surface area contributed by atoms with Crippen LogP contribution in [0.4, 0.5) is 10.1 Å². The largest absolute Gasteiger partial charge is 0.478 e. The van der Waals surface area contributed by atoms with Crippen LogP contribution < -0.4 is 10.5 Å². The molecule has 2 aromatic rings. The number of hydrogen-bond acceptors (Lipinski definition) is 3. The highest BCUT2D eigenvalue weighted by atomic mass is 19.1. The Hall–Kier alpha value is -2.56. The van der Waals surface area contributed by atoms with Crippen molar-refractivity contribution in [2.75, 3.05) is 5.73 Å². The first-order chi connectivity index (χ1) is 8.97. The third kappa shape index (κ3) is 2.82. The molecule has 0 saturated carbocycles. The predicted octanol–water partition coefficient (Wildman–Crippen LogP) is 3.21. The smallest absolute Gasteiger partial charge is 0.335 e. The van der Waals surface area contributed by atoms with Crippen molar-refractivity contribution in [3.63, 3.8) is 0 Å². The van der Waals surface area contributed by atoms with Gasteiger partial charge in [-0.15, -0.1) is 0 Å². The van der Waals surface area contributed by atoms with Crippen molar-refractivity contribution in [1.29, 1.82) is 0 Å². The number of carboxylic acids is 1. The van der Waals surface area contributed by atoms with Gasteiger partial charge in [-0.2, -0.15) is 0 Å². The fraction of sp³-hybridized carbons (Fsp3) is 0.0714. The van der Waals surface area contributed by atoms with Crippen LogP contribution in [0.25, 0.3) is 0 Å². The Labute approximate surface area is 109 Å². The number of halogens is 1. The number of aryl methyl sites for hydroxylation is 1. The van der Waals surface area contributed by atoms with Gasteiger partial charge in [-0.05, 0) is 48.9 Å². The molecule has 5 heteroatoms. The van der Waals surface area contributed by atoms with Crippen molar-refractivity contribution in [3.05, 3.63) is 53.3 Å². The van der Waals surface area contributed by atoms with E-state index in [1.165, 1.54) is 36.4 Å². The summed E-state index contributed by atoms with van der Waals surface area (Å²) in [4.78, 5) is 10.8. The van der Waals surface area contributed by atoms with E-state index < -0.39 is 5.97 Å². The minimum absolute atomic E-state index is 0.0840. The fourth-order valence-corrected chi connectivity index (χ4v) is 1.62. The third-order valence-electron chi connectivity index (χ3n) is 2.61. The molecule has 4 nitrogen and oxygen atoms in total. The second-order valence-electron chi connectivity index (χ2n) is 4.07. The summed E-state index contributed by atoms with van der Waals surface area (Å²) in [6, 6.07) is 8.31. The summed E-state index contributed by atoms with van der Waals surface area (Å²) in [5, 5.41) is 8.83. The van der Waals surface area contributed by atoms with Crippen LogP contribution in [0.15, 0.2) is 36.4 Å². The number of ether oxygens (including phenoxy) is 1. The van der Waals surface area contributed by atoms with Crippen LogP contribution in [0, 0.1) is 12.7 Å². The number of hydrogen-bond donors (Lipinski definition) is 2. The van der Waals surface area contributed by atoms with Gasteiger partial charge in [-0.25, -0.2) is 9.18 Å². The topological polar surface area (TPSA) is 72.5 Å². The molecule has 0 unspecified atom stereocenters. The molecule has 2 aromatic carbocycles. The van der Waals surface area contributed by atoms with Gasteiger partial charge in [0, 0.05) is 0 Å². The zero-order valence-corrected chi connectivity index (χ0v) is 10.2. The van der Waals surface area contributed by atoms with Crippen LogP contribution >= 0.6 is 0 Å². The zero-order valence-electron chi connectivity index (χ0n) is 10.2. The minimum atomic E-state index is -1.06. The van der Waals surface area contributed by atoms with E-state index in [0.717, 1.165) is 0 Å². The highest BCUT2D eigenvalue weighted by molar-refractivity contribution is 5.89. The van der Waals surface area contributed by atoms with Gasteiger partial charge < -0.3 is 15.6 Å². The van der Waals surface area contributed by atoms with E-state index in [2.05, 4.69) is 0 Å². The lowest BCUT2D eigenvalue weighted by atomic mass is 10.2. The Balaban J connectivity index is 2.31. The summed E-state index contributed by atoms with van der Waals surface area (Å²) in [5.74, 6) is -0.605. The van der Waals surface area contributed by atoms with Gasteiger partial charge in [0.05, 0.1) is 11.3 Å². The highest BCUT2D eigenvalue weighted by Crippen LogP contribution is 2.30. The first-order valence-electron chi connectivity index (χ1n) is 5.54. The second kappa shape index (κ2) is 4.97. The molecule has 0 heterocycles. The molecule has 0 saturated heterocycles. The third-order valence-corrected chi connectivity index (χ3v) is 2.61. The molecule has 0 aliphatic heterocycles. The van der Waals surface area contributed by atoms with Crippen LogP contribution in [0.5, 0.6) is 11.5 Å². The Morgan fingerprint density at radius 2 is 1.89 bits per heavy atom. The van der Waals surface area contributed by atoms with Crippen LogP contribution in [0.1, 0.15) is 15.9 Å². The second-order valence-corrected chi connectivity index (χ2v) is 4.07. The number of rotatable bonds is 3. The van der Waals surface area contributed by atoms with Crippen LogP contribution in [0.3, 0.4) is 0 Å². The van der Waals surface area contributed by atoms with E-state index in [4.69, 9.17) is 15.6 Å². The quantitative estimate of drug-likeness (QED) is 0.832. The van der Waals surface area contributed by atoms with Gasteiger partial charge in [0.2, 0.25) is 0 Å². The van der Waals surface area contributed by atoms with Gasteiger partial charge in [-0.1, -0.05) is 0 Å². The molecule has 19 heavy (non-hydrogen) atoms. The van der Waals surface area contributed by atoms with Crippen molar-refractivity contribution in [3.8, 4) is 11.5 Å². The molecular formula is C14H12FNO3. The minimum Gasteiger partial charge on any atom is -0.478 e. The molecule has 98 valence electrons. The van der Waals surface area contributed by atoms with E-state index >= 15 is 0 Å². The van der Waals surface area contributed by atoms with E-state index in [-0.39, 0.29) is 17.1 Å². The summed E-state index contributed by atoms with van der Waals surface area (Å²) in [6.45, 7) is 1.71. The first-order valence-corrected chi connectivity index (χ1v) is 5.54. The molecule has 0 fully saturated rings. The van der Waals surface area contributed by atoms with Gasteiger partial charge in [-0.3, -0.25) is 0 Å². The van der Waals surface area contributed by atoms with Gasteiger partial charge in [0.25, 0.3) is 0 Å². The molecule has 0 aliphatic carbocycles. The van der Waals surface area contributed by atoms with Crippen molar-refractivity contribution in [2.45, 2.75) is 6.92 Å². The molecule has 2 rings (SSSR count). The number of carboxylic acid groups (broad SMARTS) is 1. The normalized spacial score (nSPS) is 10.2. The summed E-state index contributed by atoms with van der Waals surface area (Å²) >= 11 is 0. The number of nitrogens with two attached hydrogens (primary N) is 1. The van der Waals surface area contributed by atoms with Crippen LogP contribution in [-0.2, 0) is 0 Å². The lowest BCUT2D eigenvalue weighted by molar-refractivity contribution is 0.0697. The maximum atomic E-state index is 13.0. The molecule has 0 aromatic heterocycles.